The van der Waals surface area contributed by atoms with Crippen molar-refractivity contribution in [3.05, 3.63) is 61.7 Å². The summed E-state index contributed by atoms with van der Waals surface area (Å²) in [7, 11) is 0. The molecule has 0 aromatic heterocycles. The third-order valence-electron chi connectivity index (χ3n) is 2.78. The lowest BCUT2D eigenvalue weighted by atomic mass is 10.1. The summed E-state index contributed by atoms with van der Waals surface area (Å²) in [4.78, 5) is 0. The summed E-state index contributed by atoms with van der Waals surface area (Å²) in [6.45, 7) is -0.164. The Morgan fingerprint density at radius 2 is 1.90 bits per heavy atom. The molecule has 106 valence electrons. The Kier molecular flexibility index (Phi) is 5.43. The van der Waals surface area contributed by atoms with Crippen LogP contribution in [0.3, 0.4) is 0 Å². The highest BCUT2D eigenvalue weighted by Crippen LogP contribution is 2.30. The Hall–Kier alpha value is -0.620. The minimum Gasteiger partial charge on any atom is -0.394 e. The van der Waals surface area contributed by atoms with Gasteiger partial charge in [-0.2, -0.15) is 0 Å². The fraction of sp³-hybridized carbons (Fsp3) is 0.143. The molecule has 0 aliphatic rings. The van der Waals surface area contributed by atoms with Crippen LogP contribution in [0.25, 0.3) is 0 Å². The van der Waals surface area contributed by atoms with Gasteiger partial charge in [0.1, 0.15) is 5.82 Å². The molecule has 2 rings (SSSR count). The number of nitrogens with one attached hydrogen (secondary N) is 1. The molecule has 0 bridgehead atoms. The second-order valence-electron chi connectivity index (χ2n) is 4.17. The van der Waals surface area contributed by atoms with Gasteiger partial charge in [-0.15, -0.1) is 0 Å². The van der Waals surface area contributed by atoms with E-state index in [4.69, 9.17) is 11.6 Å². The summed E-state index contributed by atoms with van der Waals surface area (Å²) in [5, 5.41) is 13.3. The lowest BCUT2D eigenvalue weighted by molar-refractivity contribution is 0.276. The van der Waals surface area contributed by atoms with Crippen molar-refractivity contribution in [1.82, 2.24) is 0 Å². The van der Waals surface area contributed by atoms with E-state index in [9.17, 15) is 9.50 Å². The zero-order valence-corrected chi connectivity index (χ0v) is 14.1. The molecule has 20 heavy (non-hydrogen) atoms. The molecule has 0 aliphatic carbocycles. The van der Waals surface area contributed by atoms with Crippen molar-refractivity contribution in [2.45, 2.75) is 6.04 Å². The van der Waals surface area contributed by atoms with Crippen LogP contribution in [-0.4, -0.2) is 11.7 Å². The van der Waals surface area contributed by atoms with Crippen molar-refractivity contribution in [2.75, 3.05) is 11.9 Å². The van der Waals surface area contributed by atoms with E-state index < -0.39 is 6.04 Å². The maximum Gasteiger partial charge on any atom is 0.123 e. The number of hydrogen-bond acceptors (Lipinski definition) is 2. The number of halogens is 4. The van der Waals surface area contributed by atoms with Gasteiger partial charge in [0.25, 0.3) is 0 Å². The molecule has 0 amide bonds. The zero-order valence-electron chi connectivity index (χ0n) is 10.2. The van der Waals surface area contributed by atoms with Crippen LogP contribution in [0.1, 0.15) is 11.6 Å². The average molecular weight is 424 g/mol. The van der Waals surface area contributed by atoms with Gasteiger partial charge >= 0.3 is 0 Å². The van der Waals surface area contributed by atoms with Gasteiger partial charge in [-0.05, 0) is 57.9 Å². The van der Waals surface area contributed by atoms with Crippen LogP contribution in [0.4, 0.5) is 10.1 Å². The summed E-state index contributed by atoms with van der Waals surface area (Å²) >= 11 is 12.6. The highest BCUT2D eigenvalue weighted by atomic mass is 79.9. The molecule has 6 heteroatoms. The lowest BCUT2D eigenvalue weighted by Gasteiger charge is -2.20. The van der Waals surface area contributed by atoms with Crippen LogP contribution in [0.5, 0.6) is 0 Å². The smallest absolute Gasteiger partial charge is 0.123 e. The second-order valence-corrected chi connectivity index (χ2v) is 6.29. The Bertz CT molecular complexity index is 624. The molecule has 1 unspecified atom stereocenters. The molecule has 2 nitrogen and oxygen atoms in total. The number of aliphatic hydroxyl groups is 1. The van der Waals surface area contributed by atoms with Gasteiger partial charge < -0.3 is 10.4 Å². The number of hydrogen-bond donors (Lipinski definition) is 2. The Balaban J connectivity index is 2.28. The molecule has 1 atom stereocenters. The summed E-state index contributed by atoms with van der Waals surface area (Å²) in [5.41, 5.74) is 1.43. The van der Waals surface area contributed by atoms with E-state index in [0.717, 1.165) is 14.6 Å². The van der Waals surface area contributed by atoms with Crippen LogP contribution in [0, 0.1) is 5.82 Å². The van der Waals surface area contributed by atoms with Crippen LogP contribution >= 0.6 is 43.5 Å². The molecule has 0 saturated heterocycles. The van der Waals surface area contributed by atoms with Crippen molar-refractivity contribution in [3.8, 4) is 0 Å². The topological polar surface area (TPSA) is 32.3 Å². The minimum atomic E-state index is -0.423. The zero-order chi connectivity index (χ0) is 14.7. The van der Waals surface area contributed by atoms with Gasteiger partial charge in [0.05, 0.1) is 17.7 Å². The second kappa shape index (κ2) is 6.89. The van der Waals surface area contributed by atoms with Crippen molar-refractivity contribution < 1.29 is 9.50 Å². The lowest BCUT2D eigenvalue weighted by Crippen LogP contribution is -2.15. The molecule has 0 saturated carbocycles. The third kappa shape index (κ3) is 3.73. The highest BCUT2D eigenvalue weighted by molar-refractivity contribution is 9.10. The molecule has 0 aliphatic heterocycles. The first-order chi connectivity index (χ1) is 9.51. The van der Waals surface area contributed by atoms with Crippen molar-refractivity contribution in [2.24, 2.45) is 0 Å². The number of aliphatic hydroxyl groups excluding tert-OH is 1. The molecule has 2 aromatic carbocycles. The van der Waals surface area contributed by atoms with Crippen molar-refractivity contribution in [1.29, 1.82) is 0 Å². The van der Waals surface area contributed by atoms with Gasteiger partial charge in [-0.3, -0.25) is 0 Å². The first-order valence-corrected chi connectivity index (χ1v) is 7.75. The van der Waals surface area contributed by atoms with E-state index in [1.165, 1.54) is 12.1 Å². The van der Waals surface area contributed by atoms with E-state index in [1.807, 2.05) is 0 Å². The van der Waals surface area contributed by atoms with Crippen LogP contribution in [-0.2, 0) is 0 Å². The molecule has 0 radical (unpaired) electrons. The normalized spacial score (nSPS) is 12.2. The number of rotatable bonds is 4. The molecular formula is C14H11Br2ClFNO. The number of anilines is 1. The Labute approximate surface area is 138 Å². The molecule has 2 N–H and O–H groups in total. The van der Waals surface area contributed by atoms with Crippen LogP contribution in [0.2, 0.25) is 5.02 Å². The summed E-state index contributed by atoms with van der Waals surface area (Å²) in [5.74, 6) is -0.347. The van der Waals surface area contributed by atoms with Gasteiger partial charge in [-0.25, -0.2) is 4.39 Å². The molecule has 0 fully saturated rings. The fourth-order valence-electron chi connectivity index (χ4n) is 1.79. The van der Waals surface area contributed by atoms with Crippen molar-refractivity contribution >= 4 is 49.1 Å². The monoisotopic (exact) mass is 421 g/mol. The Morgan fingerprint density at radius 3 is 2.55 bits per heavy atom. The molecule has 2 aromatic rings. The van der Waals surface area contributed by atoms with E-state index in [2.05, 4.69) is 37.2 Å². The van der Waals surface area contributed by atoms with E-state index in [0.29, 0.717) is 10.6 Å². The van der Waals surface area contributed by atoms with Crippen LogP contribution < -0.4 is 5.32 Å². The number of benzene rings is 2. The average Bonchev–Trinajstić information content (AvgIpc) is 2.43. The first-order valence-electron chi connectivity index (χ1n) is 5.78. The standard InChI is InChI=1S/C14H11Br2ClFNO/c15-11-3-1-8(18)5-10(11)14(7-20)19-9-2-4-13(17)12(16)6-9/h1-6,14,19-20H,7H2. The predicted molar refractivity (Wildman–Crippen MR) is 86.7 cm³/mol. The summed E-state index contributed by atoms with van der Waals surface area (Å²) < 4.78 is 14.8. The van der Waals surface area contributed by atoms with Gasteiger partial charge in [0.2, 0.25) is 0 Å². The SMILES string of the molecule is OCC(Nc1ccc(Cl)c(Br)c1)c1cc(F)ccc1Br. The quantitative estimate of drug-likeness (QED) is 0.713. The first kappa shape index (κ1) is 15.8. The molecular weight excluding hydrogens is 412 g/mol. The molecule has 0 heterocycles. The van der Waals surface area contributed by atoms with E-state index in [1.54, 1.807) is 24.3 Å². The van der Waals surface area contributed by atoms with Gasteiger partial charge in [0, 0.05) is 14.6 Å². The molecule has 0 spiro atoms. The van der Waals surface area contributed by atoms with Crippen molar-refractivity contribution in [3.63, 3.8) is 0 Å². The summed E-state index contributed by atoms with van der Waals surface area (Å²) in [6, 6.07) is 9.29. The minimum absolute atomic E-state index is 0.164. The maximum atomic E-state index is 13.3. The Morgan fingerprint density at radius 1 is 1.15 bits per heavy atom. The van der Waals surface area contributed by atoms with Gasteiger partial charge in [-0.1, -0.05) is 27.5 Å². The largest absolute Gasteiger partial charge is 0.394 e. The van der Waals surface area contributed by atoms with Crippen LogP contribution in [0.15, 0.2) is 45.3 Å². The van der Waals surface area contributed by atoms with Gasteiger partial charge in [0.15, 0.2) is 0 Å². The fourth-order valence-corrected chi connectivity index (χ4v) is 2.81. The predicted octanol–water partition coefficient (Wildman–Crippen LogP) is 5.15. The highest BCUT2D eigenvalue weighted by Gasteiger charge is 2.15. The third-order valence-corrected chi connectivity index (χ3v) is 4.71. The van der Waals surface area contributed by atoms with E-state index in [-0.39, 0.29) is 12.4 Å². The summed E-state index contributed by atoms with van der Waals surface area (Å²) in [6.07, 6.45) is 0. The maximum absolute atomic E-state index is 13.3. The van der Waals surface area contributed by atoms with E-state index >= 15 is 0 Å².